The van der Waals surface area contributed by atoms with Gasteiger partial charge in [-0.2, -0.15) is 14.0 Å². The standard InChI is InChI=1S/C9H6F2N2O3/c10-9(11)16-5-1-4(3-12)7(13)6(2-5)8(14)15/h1-2,9H,13H2,(H,14,15). The number of aromatic carboxylic acids is 1. The third-order valence-electron chi connectivity index (χ3n) is 1.73. The first-order valence-corrected chi connectivity index (χ1v) is 3.97. The van der Waals surface area contributed by atoms with Crippen LogP contribution in [0.2, 0.25) is 0 Å². The van der Waals surface area contributed by atoms with Gasteiger partial charge in [-0.3, -0.25) is 0 Å². The zero-order valence-corrected chi connectivity index (χ0v) is 7.78. The predicted octanol–water partition coefficient (Wildman–Crippen LogP) is 1.44. The van der Waals surface area contributed by atoms with Crippen LogP contribution in [0.3, 0.4) is 0 Å². The van der Waals surface area contributed by atoms with Crippen molar-refractivity contribution in [3.63, 3.8) is 0 Å². The summed E-state index contributed by atoms with van der Waals surface area (Å²) in [5.74, 6) is -1.84. The number of nitrogens with zero attached hydrogens (tertiary/aromatic N) is 1. The summed E-state index contributed by atoms with van der Waals surface area (Å²) in [6.45, 7) is -3.10. The minimum Gasteiger partial charge on any atom is -0.478 e. The van der Waals surface area contributed by atoms with Gasteiger partial charge in [-0.15, -0.1) is 0 Å². The molecular formula is C9H6F2N2O3. The minimum atomic E-state index is -3.10. The van der Waals surface area contributed by atoms with E-state index in [0.717, 1.165) is 12.1 Å². The van der Waals surface area contributed by atoms with Gasteiger partial charge in [0, 0.05) is 6.07 Å². The summed E-state index contributed by atoms with van der Waals surface area (Å²) in [5, 5.41) is 17.3. The number of anilines is 1. The highest BCUT2D eigenvalue weighted by molar-refractivity contribution is 5.95. The quantitative estimate of drug-likeness (QED) is 0.763. The van der Waals surface area contributed by atoms with E-state index in [2.05, 4.69) is 4.74 Å². The Labute approximate surface area is 88.7 Å². The number of alkyl halides is 2. The number of rotatable bonds is 3. The molecule has 0 radical (unpaired) electrons. The van der Waals surface area contributed by atoms with Gasteiger partial charge >= 0.3 is 12.6 Å². The molecule has 0 amide bonds. The normalized spacial score (nSPS) is 9.88. The number of nitrogen functional groups attached to an aromatic ring is 1. The van der Waals surface area contributed by atoms with Crippen molar-refractivity contribution in [1.82, 2.24) is 0 Å². The fourth-order valence-corrected chi connectivity index (χ4v) is 1.07. The first-order valence-electron chi connectivity index (χ1n) is 3.97. The average Bonchev–Trinajstić information content (AvgIpc) is 2.19. The van der Waals surface area contributed by atoms with Crippen molar-refractivity contribution in [1.29, 1.82) is 5.26 Å². The number of nitrogens with two attached hydrogens (primary N) is 1. The molecule has 0 saturated heterocycles. The highest BCUT2D eigenvalue weighted by atomic mass is 19.3. The lowest BCUT2D eigenvalue weighted by Gasteiger charge is -2.08. The van der Waals surface area contributed by atoms with Gasteiger partial charge in [0.15, 0.2) is 0 Å². The molecule has 0 saturated carbocycles. The van der Waals surface area contributed by atoms with Gasteiger partial charge in [0.25, 0.3) is 0 Å². The summed E-state index contributed by atoms with van der Waals surface area (Å²) in [4.78, 5) is 10.7. The molecule has 0 aliphatic carbocycles. The van der Waals surface area contributed by atoms with E-state index in [9.17, 15) is 13.6 Å². The van der Waals surface area contributed by atoms with Crippen LogP contribution in [0.4, 0.5) is 14.5 Å². The van der Waals surface area contributed by atoms with Crippen LogP contribution in [0.1, 0.15) is 15.9 Å². The van der Waals surface area contributed by atoms with Gasteiger partial charge < -0.3 is 15.6 Å². The molecule has 0 unspecified atom stereocenters. The molecule has 0 bridgehead atoms. The Hall–Kier alpha value is -2.36. The molecule has 0 aromatic heterocycles. The molecule has 84 valence electrons. The van der Waals surface area contributed by atoms with Gasteiger partial charge in [0.05, 0.1) is 16.8 Å². The van der Waals surface area contributed by atoms with Gasteiger partial charge in [-0.25, -0.2) is 4.79 Å². The number of nitriles is 1. The van der Waals surface area contributed by atoms with Crippen molar-refractivity contribution in [3.05, 3.63) is 23.3 Å². The maximum absolute atomic E-state index is 11.9. The topological polar surface area (TPSA) is 96.3 Å². The van der Waals surface area contributed by atoms with Crippen LogP contribution in [0, 0.1) is 11.3 Å². The lowest BCUT2D eigenvalue weighted by atomic mass is 10.1. The van der Waals surface area contributed by atoms with Crippen LogP contribution in [0.5, 0.6) is 5.75 Å². The smallest absolute Gasteiger partial charge is 0.387 e. The minimum absolute atomic E-state index is 0.226. The Balaban J connectivity index is 3.30. The monoisotopic (exact) mass is 228 g/mol. The van der Waals surface area contributed by atoms with Crippen LogP contribution in [0.25, 0.3) is 0 Å². The van der Waals surface area contributed by atoms with E-state index in [0.29, 0.717) is 0 Å². The number of hydrogen-bond acceptors (Lipinski definition) is 4. The van der Waals surface area contributed by atoms with Crippen LogP contribution >= 0.6 is 0 Å². The van der Waals surface area contributed by atoms with E-state index < -0.39 is 23.9 Å². The molecule has 0 spiro atoms. The summed E-state index contributed by atoms with van der Waals surface area (Å²) in [5.41, 5.74) is 4.39. The second kappa shape index (κ2) is 4.44. The number of halogens is 2. The number of benzene rings is 1. The molecule has 7 heteroatoms. The average molecular weight is 228 g/mol. The van der Waals surface area contributed by atoms with E-state index in [1.807, 2.05) is 0 Å². The van der Waals surface area contributed by atoms with Crippen LogP contribution in [-0.4, -0.2) is 17.7 Å². The van der Waals surface area contributed by atoms with Crippen LogP contribution < -0.4 is 10.5 Å². The molecule has 0 aliphatic heterocycles. The summed E-state index contributed by atoms with van der Waals surface area (Å²) in [6, 6.07) is 3.38. The Morgan fingerprint density at radius 2 is 2.19 bits per heavy atom. The summed E-state index contributed by atoms with van der Waals surface area (Å²) >= 11 is 0. The second-order valence-electron chi connectivity index (χ2n) is 2.73. The summed E-state index contributed by atoms with van der Waals surface area (Å²) < 4.78 is 27.8. The lowest BCUT2D eigenvalue weighted by Crippen LogP contribution is -2.08. The molecule has 1 aromatic rings. The Morgan fingerprint density at radius 3 is 2.62 bits per heavy atom. The van der Waals surface area contributed by atoms with Crippen LogP contribution in [-0.2, 0) is 0 Å². The van der Waals surface area contributed by atoms with Crippen molar-refractivity contribution >= 4 is 11.7 Å². The van der Waals surface area contributed by atoms with E-state index in [1.54, 1.807) is 6.07 Å². The second-order valence-corrected chi connectivity index (χ2v) is 2.73. The molecule has 3 N–H and O–H groups in total. The fraction of sp³-hybridized carbons (Fsp3) is 0.111. The molecule has 0 heterocycles. The highest BCUT2D eigenvalue weighted by Crippen LogP contribution is 2.25. The van der Waals surface area contributed by atoms with E-state index in [1.165, 1.54) is 0 Å². The van der Waals surface area contributed by atoms with Gasteiger partial charge in [-0.1, -0.05) is 0 Å². The molecule has 16 heavy (non-hydrogen) atoms. The Morgan fingerprint density at radius 1 is 1.56 bits per heavy atom. The zero-order chi connectivity index (χ0) is 12.3. The van der Waals surface area contributed by atoms with Crippen LogP contribution in [0.15, 0.2) is 12.1 Å². The van der Waals surface area contributed by atoms with E-state index in [-0.39, 0.29) is 11.3 Å². The van der Waals surface area contributed by atoms with Gasteiger partial charge in [0.1, 0.15) is 11.8 Å². The van der Waals surface area contributed by atoms with E-state index in [4.69, 9.17) is 16.1 Å². The van der Waals surface area contributed by atoms with Gasteiger partial charge in [-0.05, 0) is 6.07 Å². The number of carbonyl (C=O) groups is 1. The molecule has 1 rings (SSSR count). The summed E-state index contributed by atoms with van der Waals surface area (Å²) in [7, 11) is 0. The van der Waals surface area contributed by atoms with Crippen molar-refractivity contribution in [2.75, 3.05) is 5.73 Å². The molecular weight excluding hydrogens is 222 g/mol. The zero-order valence-electron chi connectivity index (χ0n) is 7.78. The third kappa shape index (κ3) is 2.36. The number of hydrogen-bond donors (Lipinski definition) is 2. The summed E-state index contributed by atoms with van der Waals surface area (Å²) in [6.07, 6.45) is 0. The Kier molecular flexibility index (Phi) is 3.25. The molecule has 5 nitrogen and oxygen atoms in total. The molecule has 1 aromatic carbocycles. The Bertz CT molecular complexity index is 469. The maximum atomic E-state index is 11.9. The van der Waals surface area contributed by atoms with Gasteiger partial charge in [0.2, 0.25) is 0 Å². The van der Waals surface area contributed by atoms with Crippen molar-refractivity contribution in [2.45, 2.75) is 6.61 Å². The van der Waals surface area contributed by atoms with E-state index >= 15 is 0 Å². The molecule has 0 fully saturated rings. The predicted molar refractivity (Wildman–Crippen MR) is 49.2 cm³/mol. The van der Waals surface area contributed by atoms with Crippen molar-refractivity contribution in [2.24, 2.45) is 0 Å². The van der Waals surface area contributed by atoms with Crippen molar-refractivity contribution < 1.29 is 23.4 Å². The molecule has 0 atom stereocenters. The number of ether oxygens (including phenoxy) is 1. The first kappa shape index (κ1) is 11.7. The van der Waals surface area contributed by atoms with Crippen molar-refractivity contribution in [3.8, 4) is 11.8 Å². The first-order chi connectivity index (χ1) is 7.45. The largest absolute Gasteiger partial charge is 0.478 e. The number of carboxylic acids is 1. The fourth-order valence-electron chi connectivity index (χ4n) is 1.07. The molecule has 0 aliphatic rings. The highest BCUT2D eigenvalue weighted by Gasteiger charge is 2.16. The number of carboxylic acid groups (broad SMARTS) is 1. The third-order valence-corrected chi connectivity index (χ3v) is 1.73. The lowest BCUT2D eigenvalue weighted by molar-refractivity contribution is -0.0499. The SMILES string of the molecule is N#Cc1cc(OC(F)F)cc(C(=O)O)c1N. The maximum Gasteiger partial charge on any atom is 0.387 e.